The van der Waals surface area contributed by atoms with Gasteiger partial charge in [0.1, 0.15) is 6.54 Å². The third-order valence-electron chi connectivity index (χ3n) is 4.02. The fourth-order valence-electron chi connectivity index (χ4n) is 2.30. The molecule has 2 nitrogen and oxygen atoms in total. The molecule has 0 atom stereocenters. The highest BCUT2D eigenvalue weighted by atomic mass is 16.1. The first-order chi connectivity index (χ1) is 9.02. The molecule has 0 amide bonds. The Labute approximate surface area is 121 Å². The molecule has 0 aromatic carbocycles. The van der Waals surface area contributed by atoms with E-state index in [9.17, 15) is 4.79 Å². The molecule has 0 heterocycles. The Bertz CT molecular complexity index is 223. The Morgan fingerprint density at radius 3 is 1.74 bits per heavy atom. The average molecular weight is 270 g/mol. The quantitative estimate of drug-likeness (QED) is 0.354. The molecule has 0 aliphatic heterocycles. The Hall–Kier alpha value is -0.370. The number of hydrogen-bond donors (Lipinski definition) is 0. The van der Waals surface area contributed by atoms with Gasteiger partial charge in [0, 0.05) is 6.42 Å². The minimum absolute atomic E-state index is 0.440. The highest BCUT2D eigenvalue weighted by Gasteiger charge is 2.16. The van der Waals surface area contributed by atoms with Gasteiger partial charge in [0.2, 0.25) is 0 Å². The number of hydrogen-bond acceptors (Lipinski definition) is 1. The fraction of sp³-hybridized carbons (Fsp3) is 0.941. The molecule has 0 saturated carbocycles. The van der Waals surface area contributed by atoms with E-state index in [0.717, 1.165) is 23.9 Å². The number of Topliss-reactive ketones (excluding diaryl/α,β-unsaturated/α-hetero) is 1. The monoisotopic (exact) mass is 270 g/mol. The molecule has 0 aromatic heterocycles. The van der Waals surface area contributed by atoms with Gasteiger partial charge in [0.15, 0.2) is 5.78 Å². The lowest BCUT2D eigenvalue weighted by Gasteiger charge is -2.27. The van der Waals surface area contributed by atoms with E-state index < -0.39 is 0 Å². The highest BCUT2D eigenvalue weighted by Crippen LogP contribution is 2.11. The number of ketones is 1. The van der Waals surface area contributed by atoms with Gasteiger partial charge in [0.05, 0.1) is 20.6 Å². The molecule has 0 aromatic rings. The van der Waals surface area contributed by atoms with Crippen molar-refractivity contribution in [2.45, 2.75) is 78.1 Å². The van der Waals surface area contributed by atoms with E-state index in [4.69, 9.17) is 0 Å². The van der Waals surface area contributed by atoms with E-state index in [-0.39, 0.29) is 0 Å². The van der Waals surface area contributed by atoms with Crippen LogP contribution in [0.25, 0.3) is 0 Å². The summed E-state index contributed by atoms with van der Waals surface area (Å²) in [5.74, 6) is 0.440. The van der Waals surface area contributed by atoms with E-state index in [1.54, 1.807) is 0 Å². The second-order valence-electron chi connectivity index (χ2n) is 6.53. The van der Waals surface area contributed by atoms with Crippen LogP contribution in [0.4, 0.5) is 0 Å². The van der Waals surface area contributed by atoms with Gasteiger partial charge in [0.25, 0.3) is 0 Å². The van der Waals surface area contributed by atoms with Crippen LogP contribution < -0.4 is 0 Å². The minimum atomic E-state index is 0.440. The Morgan fingerprint density at radius 2 is 1.26 bits per heavy atom. The third kappa shape index (κ3) is 12.4. The van der Waals surface area contributed by atoms with Crippen molar-refractivity contribution in [1.82, 2.24) is 0 Å². The maximum Gasteiger partial charge on any atom is 0.186 e. The number of likely N-dealkylation sites (N-methyl/N-ethyl adjacent to an activating group) is 1. The van der Waals surface area contributed by atoms with Crippen molar-refractivity contribution in [1.29, 1.82) is 0 Å². The first-order valence-corrected chi connectivity index (χ1v) is 8.35. The fourth-order valence-corrected chi connectivity index (χ4v) is 2.30. The maximum atomic E-state index is 11.8. The van der Waals surface area contributed by atoms with Gasteiger partial charge in [-0.25, -0.2) is 0 Å². The number of carbonyl (C=O) groups is 1. The molecule has 19 heavy (non-hydrogen) atoms. The van der Waals surface area contributed by atoms with Crippen LogP contribution in [0.15, 0.2) is 0 Å². The van der Waals surface area contributed by atoms with Gasteiger partial charge >= 0.3 is 0 Å². The molecule has 0 radical (unpaired) electrons. The smallest absolute Gasteiger partial charge is 0.186 e. The van der Waals surface area contributed by atoms with Crippen molar-refractivity contribution in [3.8, 4) is 0 Å². The number of unbranched alkanes of at least 4 members (excludes halogenated alkanes) is 8. The molecule has 0 fully saturated rings. The van der Waals surface area contributed by atoms with E-state index in [1.807, 2.05) is 0 Å². The lowest BCUT2D eigenvalue weighted by atomic mass is 10.1. The zero-order valence-corrected chi connectivity index (χ0v) is 13.8. The van der Waals surface area contributed by atoms with Crippen LogP contribution in [0.2, 0.25) is 0 Å². The summed E-state index contributed by atoms with van der Waals surface area (Å²) in [7, 11) is 4.27. The standard InChI is InChI=1S/C17H36NO/c1-5-7-8-9-10-11-12-13-14-15-17(19)16-18(3,4)6-2/h5-16H2,1-4H3/q+1. The topological polar surface area (TPSA) is 17.1 Å². The van der Waals surface area contributed by atoms with E-state index >= 15 is 0 Å². The van der Waals surface area contributed by atoms with Crippen LogP contribution in [-0.2, 0) is 4.79 Å². The summed E-state index contributed by atoms with van der Waals surface area (Å²) in [5.41, 5.74) is 0. The van der Waals surface area contributed by atoms with E-state index in [2.05, 4.69) is 27.9 Å². The summed E-state index contributed by atoms with van der Waals surface area (Å²) in [6, 6.07) is 0. The second kappa shape index (κ2) is 11.5. The molecule has 0 aliphatic carbocycles. The highest BCUT2D eigenvalue weighted by molar-refractivity contribution is 5.79. The summed E-state index contributed by atoms with van der Waals surface area (Å²) in [4.78, 5) is 11.8. The van der Waals surface area contributed by atoms with Gasteiger partial charge in [-0.2, -0.15) is 0 Å². The van der Waals surface area contributed by atoms with Crippen LogP contribution in [0.5, 0.6) is 0 Å². The molecular weight excluding hydrogens is 234 g/mol. The van der Waals surface area contributed by atoms with Gasteiger partial charge in [-0.3, -0.25) is 4.79 Å². The lowest BCUT2D eigenvalue weighted by Crippen LogP contribution is -2.43. The van der Waals surface area contributed by atoms with Crippen molar-refractivity contribution < 1.29 is 9.28 Å². The van der Waals surface area contributed by atoms with Crippen molar-refractivity contribution in [2.24, 2.45) is 0 Å². The van der Waals surface area contributed by atoms with Crippen LogP contribution in [0, 0.1) is 0 Å². The lowest BCUT2D eigenvalue weighted by molar-refractivity contribution is -0.880. The molecule has 114 valence electrons. The zero-order chi connectivity index (χ0) is 14.6. The molecule has 0 saturated heterocycles. The largest absolute Gasteiger partial charge is 0.323 e. The summed E-state index contributed by atoms with van der Waals surface area (Å²) in [6.07, 6.45) is 12.7. The number of carbonyl (C=O) groups excluding carboxylic acids is 1. The number of quaternary nitrogens is 1. The van der Waals surface area contributed by atoms with Crippen LogP contribution in [0.1, 0.15) is 78.1 Å². The molecule has 0 spiro atoms. The van der Waals surface area contributed by atoms with E-state index in [0.29, 0.717) is 12.3 Å². The zero-order valence-electron chi connectivity index (χ0n) is 13.8. The van der Waals surface area contributed by atoms with Crippen LogP contribution in [-0.4, -0.2) is 37.5 Å². The molecule has 0 bridgehead atoms. The van der Waals surface area contributed by atoms with Gasteiger partial charge in [-0.05, 0) is 13.3 Å². The van der Waals surface area contributed by atoms with Gasteiger partial charge in [-0.15, -0.1) is 0 Å². The average Bonchev–Trinajstić information content (AvgIpc) is 2.36. The SMILES string of the molecule is CCCCCCCCCCCC(=O)C[N+](C)(C)CC. The third-order valence-corrected chi connectivity index (χ3v) is 4.02. The first-order valence-electron chi connectivity index (χ1n) is 8.35. The minimum Gasteiger partial charge on any atom is -0.323 e. The Balaban J connectivity index is 3.32. The van der Waals surface area contributed by atoms with Crippen LogP contribution in [0.3, 0.4) is 0 Å². The van der Waals surface area contributed by atoms with Crippen molar-refractivity contribution in [3.05, 3.63) is 0 Å². The normalized spacial score (nSPS) is 11.8. The van der Waals surface area contributed by atoms with Crippen molar-refractivity contribution >= 4 is 5.78 Å². The van der Waals surface area contributed by atoms with Gasteiger partial charge in [-0.1, -0.05) is 58.3 Å². The van der Waals surface area contributed by atoms with Gasteiger partial charge < -0.3 is 4.48 Å². The molecule has 0 unspecified atom stereocenters. The van der Waals surface area contributed by atoms with Crippen LogP contribution >= 0.6 is 0 Å². The predicted molar refractivity (Wildman–Crippen MR) is 84.4 cm³/mol. The summed E-state index contributed by atoms with van der Waals surface area (Å²) in [6.45, 7) is 6.14. The first kappa shape index (κ1) is 18.6. The van der Waals surface area contributed by atoms with E-state index in [1.165, 1.54) is 51.4 Å². The summed E-state index contributed by atoms with van der Waals surface area (Å²) >= 11 is 0. The van der Waals surface area contributed by atoms with Crippen molar-refractivity contribution in [2.75, 3.05) is 27.2 Å². The Morgan fingerprint density at radius 1 is 0.789 bits per heavy atom. The molecular formula is C17H36NO+. The second-order valence-corrected chi connectivity index (χ2v) is 6.53. The maximum absolute atomic E-state index is 11.8. The predicted octanol–water partition coefficient (Wildman–Crippen LogP) is 4.57. The van der Waals surface area contributed by atoms with Crippen molar-refractivity contribution in [3.63, 3.8) is 0 Å². The molecule has 2 heteroatoms. The summed E-state index contributed by atoms with van der Waals surface area (Å²) in [5, 5.41) is 0. The Kier molecular flexibility index (Phi) is 11.2. The molecule has 0 aliphatic rings. The summed E-state index contributed by atoms with van der Waals surface area (Å²) < 4.78 is 0.830. The molecule has 0 N–H and O–H groups in total. The number of rotatable bonds is 13. The number of nitrogens with zero attached hydrogens (tertiary/aromatic N) is 1. The molecule has 0 rings (SSSR count).